The summed E-state index contributed by atoms with van der Waals surface area (Å²) in [5.74, 6) is -0.772. The fourth-order valence-corrected chi connectivity index (χ4v) is 5.52. The first-order valence-corrected chi connectivity index (χ1v) is 12.6. The summed E-state index contributed by atoms with van der Waals surface area (Å²) in [6.07, 6.45) is 0.608. The molecule has 4 rings (SSSR count). The molecule has 2 aliphatic heterocycles. The van der Waals surface area contributed by atoms with Crippen LogP contribution in [0.3, 0.4) is 0 Å². The van der Waals surface area contributed by atoms with Crippen molar-refractivity contribution in [2.45, 2.75) is 77.2 Å². The minimum Gasteiger partial charge on any atom is -0.352 e. The van der Waals surface area contributed by atoms with Crippen molar-refractivity contribution in [3.63, 3.8) is 0 Å². The zero-order valence-electron chi connectivity index (χ0n) is 20.8. The third kappa shape index (κ3) is 4.95. The van der Waals surface area contributed by atoms with Crippen molar-refractivity contribution in [3.05, 3.63) is 46.7 Å². The molecule has 0 saturated heterocycles. The lowest BCUT2D eigenvalue weighted by molar-refractivity contribution is -0.138. The molecule has 1 aliphatic carbocycles. The van der Waals surface area contributed by atoms with E-state index in [1.54, 1.807) is 6.92 Å². The van der Waals surface area contributed by atoms with Crippen molar-refractivity contribution in [1.29, 1.82) is 0 Å². The molecular formula is C26H33F3N4O3. The number of likely N-dealkylation sites (N-methyl/N-ethyl adjacent to an activating group) is 1. The predicted molar refractivity (Wildman–Crippen MR) is 127 cm³/mol. The molecule has 0 unspecified atom stereocenters. The van der Waals surface area contributed by atoms with E-state index in [0.29, 0.717) is 23.4 Å². The molecule has 1 saturated carbocycles. The number of nitrogens with one attached hydrogen (secondary N) is 2. The minimum absolute atomic E-state index is 0.0862. The van der Waals surface area contributed by atoms with E-state index in [0.717, 1.165) is 44.2 Å². The van der Waals surface area contributed by atoms with E-state index in [4.69, 9.17) is 0 Å². The van der Waals surface area contributed by atoms with Gasteiger partial charge >= 0.3 is 12.2 Å². The molecule has 2 N–H and O–H groups in total. The molecule has 0 aromatic heterocycles. The van der Waals surface area contributed by atoms with Crippen LogP contribution in [-0.2, 0) is 15.8 Å². The predicted octanol–water partition coefficient (Wildman–Crippen LogP) is 4.36. The van der Waals surface area contributed by atoms with Gasteiger partial charge in [0.05, 0.1) is 29.4 Å². The summed E-state index contributed by atoms with van der Waals surface area (Å²) in [5, 5.41) is 5.90. The second kappa shape index (κ2) is 10.1. The van der Waals surface area contributed by atoms with Gasteiger partial charge in [-0.25, -0.2) is 4.79 Å². The zero-order chi connectivity index (χ0) is 26.2. The molecule has 1 aromatic rings. The Balaban J connectivity index is 1.64. The molecule has 4 amide bonds. The van der Waals surface area contributed by atoms with Crippen LogP contribution in [-0.4, -0.2) is 52.8 Å². The first-order valence-electron chi connectivity index (χ1n) is 12.6. The zero-order valence-corrected chi connectivity index (χ0v) is 20.8. The van der Waals surface area contributed by atoms with Crippen molar-refractivity contribution >= 4 is 17.8 Å². The number of carbonyl (C=O) groups excluding carboxylic acids is 3. The van der Waals surface area contributed by atoms with Crippen LogP contribution in [0.1, 0.15) is 70.0 Å². The molecule has 0 spiro atoms. The molecule has 3 aliphatic rings. The number of urea groups is 1. The standard InChI is InChI=1S/C26H33F3N4O3/c1-4-32-19-14-33(22(15(2)3)23(34)30-18-8-6-5-7-9-18)24(35)20(19)21(31-25(32)36)16-10-12-17(13-11-16)26(27,28)29/h10-13,15,18,21-22H,4-9,14H2,1-3H3,(H,30,34)(H,31,36)/t21-,22-/m1/s1. The lowest BCUT2D eigenvalue weighted by atomic mass is 9.93. The lowest BCUT2D eigenvalue weighted by Crippen LogP contribution is -2.53. The van der Waals surface area contributed by atoms with Gasteiger partial charge in [0, 0.05) is 12.6 Å². The molecule has 1 aromatic carbocycles. The molecule has 0 radical (unpaired) electrons. The van der Waals surface area contributed by atoms with Crippen molar-refractivity contribution in [2.75, 3.05) is 13.1 Å². The summed E-state index contributed by atoms with van der Waals surface area (Å²) >= 11 is 0. The van der Waals surface area contributed by atoms with E-state index in [1.165, 1.54) is 21.9 Å². The van der Waals surface area contributed by atoms with Crippen LogP contribution in [0.15, 0.2) is 35.5 Å². The quantitative estimate of drug-likeness (QED) is 0.602. The van der Waals surface area contributed by atoms with Gasteiger partial charge in [0.15, 0.2) is 0 Å². The number of benzene rings is 1. The number of hydrogen-bond acceptors (Lipinski definition) is 3. The molecule has 2 atom stereocenters. The Hall–Kier alpha value is -3.04. The van der Waals surface area contributed by atoms with Crippen LogP contribution in [0, 0.1) is 5.92 Å². The summed E-state index contributed by atoms with van der Waals surface area (Å²) in [7, 11) is 0. The molecular weight excluding hydrogens is 473 g/mol. The van der Waals surface area contributed by atoms with Crippen molar-refractivity contribution < 1.29 is 27.6 Å². The first-order chi connectivity index (χ1) is 17.0. The summed E-state index contributed by atoms with van der Waals surface area (Å²) < 4.78 is 39.2. The minimum atomic E-state index is -4.49. The topological polar surface area (TPSA) is 81.8 Å². The maximum atomic E-state index is 13.8. The van der Waals surface area contributed by atoms with Gasteiger partial charge in [-0.05, 0) is 43.4 Å². The van der Waals surface area contributed by atoms with Gasteiger partial charge in [0.1, 0.15) is 6.04 Å². The van der Waals surface area contributed by atoms with Crippen LogP contribution in [0.2, 0.25) is 0 Å². The number of nitrogens with zero attached hydrogens (tertiary/aromatic N) is 2. The van der Waals surface area contributed by atoms with Crippen LogP contribution >= 0.6 is 0 Å². The fraction of sp³-hybridized carbons (Fsp3) is 0.577. The smallest absolute Gasteiger partial charge is 0.352 e. The highest BCUT2D eigenvalue weighted by Crippen LogP contribution is 2.39. The Kier molecular flexibility index (Phi) is 7.33. The highest BCUT2D eigenvalue weighted by Gasteiger charge is 2.47. The van der Waals surface area contributed by atoms with Crippen LogP contribution in [0.4, 0.5) is 18.0 Å². The SMILES string of the molecule is CCN1C(=O)N[C@H](c2ccc(C(F)(F)F)cc2)C2=C1CN([C@@H](C(=O)NC1CCCCC1)C(C)C)C2=O. The number of alkyl halides is 3. The van der Waals surface area contributed by atoms with Gasteiger partial charge in [-0.15, -0.1) is 0 Å². The Morgan fingerprint density at radius 3 is 2.31 bits per heavy atom. The fourth-order valence-electron chi connectivity index (χ4n) is 5.52. The highest BCUT2D eigenvalue weighted by molar-refractivity contribution is 6.03. The molecule has 196 valence electrons. The van der Waals surface area contributed by atoms with Crippen molar-refractivity contribution in [3.8, 4) is 0 Å². The second-order valence-corrected chi connectivity index (χ2v) is 10.1. The third-order valence-electron chi connectivity index (χ3n) is 7.32. The Morgan fingerprint density at radius 1 is 1.11 bits per heavy atom. The number of amides is 4. The van der Waals surface area contributed by atoms with Gasteiger partial charge in [-0.2, -0.15) is 13.2 Å². The van der Waals surface area contributed by atoms with Gasteiger partial charge < -0.3 is 15.5 Å². The number of carbonyl (C=O) groups is 3. The van der Waals surface area contributed by atoms with E-state index in [9.17, 15) is 27.6 Å². The average molecular weight is 507 g/mol. The maximum Gasteiger partial charge on any atom is 0.416 e. The van der Waals surface area contributed by atoms with Crippen molar-refractivity contribution in [1.82, 2.24) is 20.4 Å². The molecule has 36 heavy (non-hydrogen) atoms. The Bertz CT molecular complexity index is 1050. The highest BCUT2D eigenvalue weighted by atomic mass is 19.4. The van der Waals surface area contributed by atoms with Crippen LogP contribution < -0.4 is 10.6 Å². The Morgan fingerprint density at radius 2 is 1.75 bits per heavy atom. The molecule has 7 nitrogen and oxygen atoms in total. The van der Waals surface area contributed by atoms with Gasteiger partial charge in [0.25, 0.3) is 5.91 Å². The molecule has 0 bridgehead atoms. The summed E-state index contributed by atoms with van der Waals surface area (Å²) in [6.45, 7) is 5.94. The number of hydrogen-bond donors (Lipinski definition) is 2. The monoisotopic (exact) mass is 506 g/mol. The van der Waals surface area contributed by atoms with E-state index >= 15 is 0 Å². The summed E-state index contributed by atoms with van der Waals surface area (Å²) in [5.41, 5.74) is 0.360. The summed E-state index contributed by atoms with van der Waals surface area (Å²) in [6, 6.07) is 2.49. The number of halogens is 3. The normalized spacial score (nSPS) is 22.1. The third-order valence-corrected chi connectivity index (χ3v) is 7.32. The van der Waals surface area contributed by atoms with E-state index in [1.807, 2.05) is 13.8 Å². The largest absolute Gasteiger partial charge is 0.416 e. The van der Waals surface area contributed by atoms with E-state index < -0.39 is 29.9 Å². The molecule has 10 heteroatoms. The van der Waals surface area contributed by atoms with E-state index in [2.05, 4.69) is 10.6 Å². The Labute approximate surface area is 209 Å². The van der Waals surface area contributed by atoms with Crippen LogP contribution in [0.5, 0.6) is 0 Å². The van der Waals surface area contributed by atoms with Crippen molar-refractivity contribution in [2.24, 2.45) is 5.92 Å². The lowest BCUT2D eigenvalue weighted by Gasteiger charge is -2.33. The maximum absolute atomic E-state index is 13.8. The first kappa shape index (κ1) is 26.0. The summed E-state index contributed by atoms with van der Waals surface area (Å²) in [4.78, 5) is 43.0. The van der Waals surface area contributed by atoms with Gasteiger partial charge in [-0.1, -0.05) is 45.2 Å². The molecule has 2 heterocycles. The van der Waals surface area contributed by atoms with E-state index in [-0.39, 0.29) is 30.3 Å². The number of rotatable bonds is 6. The molecule has 1 fully saturated rings. The van der Waals surface area contributed by atoms with Gasteiger partial charge in [0.2, 0.25) is 5.91 Å². The van der Waals surface area contributed by atoms with Gasteiger partial charge in [-0.3, -0.25) is 14.5 Å². The van der Waals surface area contributed by atoms with Crippen LogP contribution in [0.25, 0.3) is 0 Å². The average Bonchev–Trinajstić information content (AvgIpc) is 3.15. The second-order valence-electron chi connectivity index (χ2n) is 10.1.